The number of halogens is 1. The van der Waals surface area contributed by atoms with E-state index in [1.807, 2.05) is 30.3 Å². The summed E-state index contributed by atoms with van der Waals surface area (Å²) in [6, 6.07) is 16.6. The minimum absolute atomic E-state index is 0.152. The fourth-order valence-corrected chi connectivity index (χ4v) is 3.09. The van der Waals surface area contributed by atoms with Gasteiger partial charge in [-0.15, -0.1) is 0 Å². The van der Waals surface area contributed by atoms with Crippen LogP contribution in [0.1, 0.15) is 10.4 Å². The summed E-state index contributed by atoms with van der Waals surface area (Å²) in [6.07, 6.45) is 3.40. The van der Waals surface area contributed by atoms with Gasteiger partial charge in [0.2, 0.25) is 5.89 Å². The maximum Gasteiger partial charge on any atom is 0.256 e. The summed E-state index contributed by atoms with van der Waals surface area (Å²) in [5, 5.41) is 2.90. The number of anilines is 1. The van der Waals surface area contributed by atoms with Crippen LogP contribution in [0.5, 0.6) is 0 Å². The maximum atomic E-state index is 12.4. The molecule has 0 saturated carbocycles. The van der Waals surface area contributed by atoms with Crippen LogP contribution >= 0.6 is 22.6 Å². The SMILES string of the molecule is O=C(Nc1ccc2oc(-c3cccnc3)nc2c1)c1ccccc1I. The highest BCUT2D eigenvalue weighted by molar-refractivity contribution is 14.1. The predicted octanol–water partition coefficient (Wildman–Crippen LogP) is 4.75. The number of benzene rings is 2. The first-order chi connectivity index (χ1) is 12.2. The molecule has 0 atom stereocenters. The molecule has 4 rings (SSSR count). The molecule has 4 aromatic rings. The highest BCUT2D eigenvalue weighted by atomic mass is 127. The lowest BCUT2D eigenvalue weighted by Crippen LogP contribution is -2.13. The van der Waals surface area contributed by atoms with Gasteiger partial charge in [0.1, 0.15) is 5.52 Å². The van der Waals surface area contributed by atoms with Gasteiger partial charge in [-0.05, 0) is 65.1 Å². The number of fused-ring (bicyclic) bond motifs is 1. The number of carbonyl (C=O) groups is 1. The van der Waals surface area contributed by atoms with Crippen molar-refractivity contribution in [1.29, 1.82) is 0 Å². The third kappa shape index (κ3) is 3.25. The molecule has 0 saturated heterocycles. The van der Waals surface area contributed by atoms with Crippen LogP contribution < -0.4 is 5.32 Å². The Morgan fingerprint density at radius 1 is 1.08 bits per heavy atom. The number of amides is 1. The highest BCUT2D eigenvalue weighted by Gasteiger charge is 2.12. The molecule has 2 aromatic carbocycles. The third-order valence-corrected chi connectivity index (χ3v) is 4.61. The van der Waals surface area contributed by atoms with E-state index in [-0.39, 0.29) is 5.91 Å². The molecule has 0 bridgehead atoms. The zero-order valence-electron chi connectivity index (χ0n) is 12.9. The second kappa shape index (κ2) is 6.64. The molecule has 0 unspecified atom stereocenters. The summed E-state index contributed by atoms with van der Waals surface area (Å²) in [4.78, 5) is 21.0. The average molecular weight is 441 g/mol. The third-order valence-electron chi connectivity index (χ3n) is 3.67. The van der Waals surface area contributed by atoms with Gasteiger partial charge >= 0.3 is 0 Å². The minimum Gasteiger partial charge on any atom is -0.436 e. The van der Waals surface area contributed by atoms with E-state index in [2.05, 4.69) is 37.9 Å². The van der Waals surface area contributed by atoms with Crippen LogP contribution in [0.2, 0.25) is 0 Å². The van der Waals surface area contributed by atoms with Crippen molar-refractivity contribution >= 4 is 45.3 Å². The molecule has 0 aliphatic rings. The Bertz CT molecular complexity index is 1060. The zero-order chi connectivity index (χ0) is 17.2. The summed E-state index contributed by atoms with van der Waals surface area (Å²) in [6.45, 7) is 0. The Hall–Kier alpha value is -2.74. The first-order valence-corrected chi connectivity index (χ1v) is 8.65. The molecule has 2 aromatic heterocycles. The summed E-state index contributed by atoms with van der Waals surface area (Å²) in [5.41, 5.74) is 3.45. The topological polar surface area (TPSA) is 68.0 Å². The van der Waals surface area contributed by atoms with Crippen molar-refractivity contribution in [3.63, 3.8) is 0 Å². The average Bonchev–Trinajstić information content (AvgIpc) is 3.06. The number of carbonyl (C=O) groups excluding carboxylic acids is 1. The minimum atomic E-state index is -0.152. The van der Waals surface area contributed by atoms with Crippen LogP contribution in [0.15, 0.2) is 71.4 Å². The van der Waals surface area contributed by atoms with Crippen molar-refractivity contribution < 1.29 is 9.21 Å². The Balaban J connectivity index is 1.63. The summed E-state index contributed by atoms with van der Waals surface area (Å²) < 4.78 is 6.65. The number of aromatic nitrogens is 2. The predicted molar refractivity (Wildman–Crippen MR) is 104 cm³/mol. The molecule has 0 aliphatic carbocycles. The van der Waals surface area contributed by atoms with E-state index in [0.717, 1.165) is 9.13 Å². The first kappa shape index (κ1) is 15.8. The number of pyridine rings is 1. The lowest BCUT2D eigenvalue weighted by molar-refractivity contribution is 0.102. The molecule has 0 aliphatic heterocycles. The van der Waals surface area contributed by atoms with Crippen molar-refractivity contribution in [1.82, 2.24) is 9.97 Å². The maximum absolute atomic E-state index is 12.4. The number of oxazole rings is 1. The molecule has 25 heavy (non-hydrogen) atoms. The first-order valence-electron chi connectivity index (χ1n) is 7.57. The van der Waals surface area contributed by atoms with Gasteiger partial charge < -0.3 is 9.73 Å². The van der Waals surface area contributed by atoms with Gasteiger partial charge in [-0.3, -0.25) is 9.78 Å². The van der Waals surface area contributed by atoms with E-state index in [1.165, 1.54) is 0 Å². The van der Waals surface area contributed by atoms with Crippen molar-refractivity contribution in [2.24, 2.45) is 0 Å². The molecule has 5 nitrogen and oxygen atoms in total. The van der Waals surface area contributed by atoms with E-state index in [1.54, 1.807) is 36.7 Å². The lowest BCUT2D eigenvalue weighted by atomic mass is 10.2. The second-order valence-corrected chi connectivity index (χ2v) is 6.54. The van der Waals surface area contributed by atoms with Crippen LogP contribution in [0.25, 0.3) is 22.6 Å². The van der Waals surface area contributed by atoms with E-state index in [0.29, 0.717) is 28.2 Å². The zero-order valence-corrected chi connectivity index (χ0v) is 15.1. The van der Waals surface area contributed by atoms with Crippen molar-refractivity contribution in [2.75, 3.05) is 5.32 Å². The Morgan fingerprint density at radius 3 is 2.76 bits per heavy atom. The number of hydrogen-bond acceptors (Lipinski definition) is 4. The van der Waals surface area contributed by atoms with Gasteiger partial charge in [-0.1, -0.05) is 12.1 Å². The standard InChI is InChI=1S/C19H12IN3O2/c20-15-6-2-1-5-14(15)18(24)22-13-7-8-17-16(10-13)23-19(25-17)12-4-3-9-21-11-12/h1-11H,(H,22,24). The largest absolute Gasteiger partial charge is 0.436 e. The Morgan fingerprint density at radius 2 is 1.96 bits per heavy atom. The van der Waals surface area contributed by atoms with Gasteiger partial charge in [-0.2, -0.15) is 0 Å². The van der Waals surface area contributed by atoms with Gasteiger partial charge in [0, 0.05) is 21.7 Å². The summed E-state index contributed by atoms with van der Waals surface area (Å²) in [7, 11) is 0. The molecule has 1 N–H and O–H groups in total. The van der Waals surface area contributed by atoms with Crippen molar-refractivity contribution in [2.45, 2.75) is 0 Å². The van der Waals surface area contributed by atoms with E-state index in [4.69, 9.17) is 4.42 Å². The van der Waals surface area contributed by atoms with E-state index < -0.39 is 0 Å². The lowest BCUT2D eigenvalue weighted by Gasteiger charge is -2.06. The normalized spacial score (nSPS) is 10.8. The number of nitrogens with zero attached hydrogens (tertiary/aromatic N) is 2. The number of nitrogens with one attached hydrogen (secondary N) is 1. The molecule has 122 valence electrons. The highest BCUT2D eigenvalue weighted by Crippen LogP contribution is 2.26. The molecule has 0 radical (unpaired) electrons. The van der Waals surface area contributed by atoms with Crippen LogP contribution in [0.3, 0.4) is 0 Å². The van der Waals surface area contributed by atoms with E-state index in [9.17, 15) is 4.79 Å². The molecular formula is C19H12IN3O2. The van der Waals surface area contributed by atoms with Gasteiger partial charge in [0.05, 0.1) is 11.1 Å². The number of hydrogen-bond donors (Lipinski definition) is 1. The molecule has 1 amide bonds. The molecular weight excluding hydrogens is 429 g/mol. The molecule has 0 fully saturated rings. The summed E-state index contributed by atoms with van der Waals surface area (Å²) >= 11 is 2.15. The number of rotatable bonds is 3. The van der Waals surface area contributed by atoms with Gasteiger partial charge in [-0.25, -0.2) is 4.98 Å². The monoisotopic (exact) mass is 441 g/mol. The fraction of sp³-hybridized carbons (Fsp3) is 0. The van der Waals surface area contributed by atoms with Gasteiger partial charge in [0.25, 0.3) is 5.91 Å². The summed E-state index contributed by atoms with van der Waals surface area (Å²) in [5.74, 6) is 0.351. The quantitative estimate of drug-likeness (QED) is 0.466. The van der Waals surface area contributed by atoms with Crippen LogP contribution in [-0.4, -0.2) is 15.9 Å². The van der Waals surface area contributed by atoms with Gasteiger partial charge in [0.15, 0.2) is 5.58 Å². The Labute approximate surface area is 157 Å². The molecule has 2 heterocycles. The van der Waals surface area contributed by atoms with E-state index >= 15 is 0 Å². The van der Waals surface area contributed by atoms with Crippen molar-refractivity contribution in [3.8, 4) is 11.5 Å². The second-order valence-electron chi connectivity index (χ2n) is 5.38. The fourth-order valence-electron chi connectivity index (χ4n) is 2.46. The molecule has 6 heteroatoms. The molecule has 0 spiro atoms. The van der Waals surface area contributed by atoms with Crippen LogP contribution in [0.4, 0.5) is 5.69 Å². The van der Waals surface area contributed by atoms with Crippen LogP contribution in [0, 0.1) is 3.57 Å². The smallest absolute Gasteiger partial charge is 0.256 e. The Kier molecular flexibility index (Phi) is 4.19. The van der Waals surface area contributed by atoms with Crippen molar-refractivity contribution in [3.05, 3.63) is 76.1 Å². The van der Waals surface area contributed by atoms with Crippen LogP contribution in [-0.2, 0) is 0 Å².